The van der Waals surface area contributed by atoms with Gasteiger partial charge < -0.3 is 9.15 Å². The molecule has 2 aliphatic rings. The number of carbonyl (C=O) groups excluding carboxylic acids is 1. The molecule has 1 aromatic rings. The van der Waals surface area contributed by atoms with Gasteiger partial charge in [-0.1, -0.05) is 12.1 Å². The first-order valence-electron chi connectivity index (χ1n) is 6.90. The molecule has 0 atom stereocenters. The van der Waals surface area contributed by atoms with Crippen LogP contribution in [0.5, 0.6) is 5.75 Å². The molecule has 1 aliphatic heterocycles. The van der Waals surface area contributed by atoms with Crippen molar-refractivity contribution in [2.75, 3.05) is 0 Å². The van der Waals surface area contributed by atoms with Crippen LogP contribution in [0.25, 0.3) is 22.6 Å². The number of hydrogen-bond acceptors (Lipinski definition) is 5. The number of aromatic nitrogens is 1. The molecular formula is C17H15NO4. The molecule has 0 spiro atoms. The van der Waals surface area contributed by atoms with Gasteiger partial charge in [0.1, 0.15) is 11.3 Å². The van der Waals surface area contributed by atoms with Crippen LogP contribution in [0.15, 0.2) is 45.6 Å². The van der Waals surface area contributed by atoms with Crippen LogP contribution in [0.1, 0.15) is 20.8 Å². The molecule has 0 radical (unpaired) electrons. The largest absolute Gasteiger partial charge is 0.453 e. The number of nitrogens with zero attached hydrogens (tertiary/aromatic N) is 1. The zero-order valence-corrected chi connectivity index (χ0v) is 12.5. The third-order valence-electron chi connectivity index (χ3n) is 3.15. The molecule has 3 rings (SSSR count). The third kappa shape index (κ3) is 2.57. The quantitative estimate of drug-likeness (QED) is 0.392. The highest BCUT2D eigenvalue weighted by molar-refractivity contribution is 5.79. The smallest absolute Gasteiger partial charge is 0.316 e. The lowest BCUT2D eigenvalue weighted by Gasteiger charge is -2.16. The normalized spacial score (nSPS) is 11.8. The summed E-state index contributed by atoms with van der Waals surface area (Å²) in [7, 11) is 0. The number of para-hydroxylation sites is 2. The second-order valence-electron chi connectivity index (χ2n) is 6.09. The number of hydrogen-bond donors (Lipinski definition) is 0. The summed E-state index contributed by atoms with van der Waals surface area (Å²) in [5.74, 6) is 0.0427. The highest BCUT2D eigenvalue weighted by Gasteiger charge is 2.25. The molecule has 0 amide bonds. The molecule has 1 aromatic carbocycles. The van der Waals surface area contributed by atoms with Crippen LogP contribution in [0, 0.1) is 5.41 Å². The zero-order chi connectivity index (χ0) is 15.9. The fourth-order valence-electron chi connectivity index (χ4n) is 1.94. The summed E-state index contributed by atoms with van der Waals surface area (Å²) < 4.78 is 10.9. The van der Waals surface area contributed by atoms with E-state index in [1.807, 2.05) is 12.1 Å². The molecule has 0 bridgehead atoms. The summed E-state index contributed by atoms with van der Waals surface area (Å²) in [6.07, 6.45) is 0. The lowest BCUT2D eigenvalue weighted by molar-refractivity contribution is -0.142. The molecule has 5 nitrogen and oxygen atoms in total. The maximum Gasteiger partial charge on any atom is 0.316 e. The lowest BCUT2D eigenvalue weighted by Crippen LogP contribution is -2.26. The van der Waals surface area contributed by atoms with Crippen LogP contribution in [0.4, 0.5) is 0 Å². The predicted molar refractivity (Wildman–Crippen MR) is 82.0 cm³/mol. The Kier molecular flexibility index (Phi) is 3.20. The minimum atomic E-state index is -0.656. The Hall–Kier alpha value is -2.69. The first-order valence-corrected chi connectivity index (χ1v) is 6.90. The number of carbonyl (C=O) groups is 1. The minimum absolute atomic E-state index is 0.165. The third-order valence-corrected chi connectivity index (χ3v) is 3.15. The SMILES string of the molecule is CC(C)(C)C(=O)Oc1cc2oc3ccccc3nc-2c(=O)c1. The van der Waals surface area contributed by atoms with Crippen molar-refractivity contribution in [1.29, 1.82) is 0 Å². The van der Waals surface area contributed by atoms with E-state index in [0.717, 1.165) is 0 Å². The second kappa shape index (κ2) is 4.94. The van der Waals surface area contributed by atoms with Crippen LogP contribution in [0.3, 0.4) is 0 Å². The molecular weight excluding hydrogens is 282 g/mol. The number of ether oxygens (including phenoxy) is 1. The van der Waals surface area contributed by atoms with Gasteiger partial charge in [-0.05, 0) is 32.9 Å². The van der Waals surface area contributed by atoms with Gasteiger partial charge in [0, 0.05) is 12.1 Å². The lowest BCUT2D eigenvalue weighted by atomic mass is 9.97. The molecule has 1 heterocycles. The van der Waals surface area contributed by atoms with E-state index in [0.29, 0.717) is 16.9 Å². The summed E-state index contributed by atoms with van der Waals surface area (Å²) in [4.78, 5) is 28.4. The molecule has 0 saturated carbocycles. The van der Waals surface area contributed by atoms with E-state index in [9.17, 15) is 9.59 Å². The van der Waals surface area contributed by atoms with Crippen molar-refractivity contribution in [2.45, 2.75) is 20.8 Å². The van der Waals surface area contributed by atoms with E-state index in [1.165, 1.54) is 12.1 Å². The second-order valence-corrected chi connectivity index (χ2v) is 6.09. The van der Waals surface area contributed by atoms with E-state index < -0.39 is 11.4 Å². The van der Waals surface area contributed by atoms with Crippen molar-refractivity contribution in [1.82, 2.24) is 4.98 Å². The van der Waals surface area contributed by atoms with E-state index in [2.05, 4.69) is 4.98 Å². The molecule has 112 valence electrons. The summed E-state index contributed by atoms with van der Waals surface area (Å²) in [6, 6.07) is 9.94. The number of fused-ring (bicyclic) bond motifs is 2. The van der Waals surface area contributed by atoms with E-state index >= 15 is 0 Å². The molecule has 0 aromatic heterocycles. The van der Waals surface area contributed by atoms with Crippen molar-refractivity contribution in [3.8, 4) is 17.2 Å². The highest BCUT2D eigenvalue weighted by atomic mass is 16.5. The average molecular weight is 297 g/mol. The number of rotatable bonds is 1. The predicted octanol–water partition coefficient (Wildman–Crippen LogP) is 3.24. The van der Waals surface area contributed by atoms with Gasteiger partial charge in [0.05, 0.1) is 5.41 Å². The highest BCUT2D eigenvalue weighted by Crippen LogP contribution is 2.27. The molecule has 0 saturated heterocycles. The maximum absolute atomic E-state index is 12.2. The van der Waals surface area contributed by atoms with Crippen LogP contribution < -0.4 is 10.2 Å². The van der Waals surface area contributed by atoms with Crippen molar-refractivity contribution >= 4 is 17.1 Å². The standard InChI is InChI=1S/C17H15NO4/c1-17(2,3)16(20)21-10-8-12(19)15-14(9-10)22-13-7-5-4-6-11(13)18-15/h4-9H,1-3H3. The Labute approximate surface area is 126 Å². The van der Waals surface area contributed by atoms with Crippen LogP contribution in [-0.4, -0.2) is 11.0 Å². The minimum Gasteiger partial charge on any atom is -0.453 e. The first-order chi connectivity index (χ1) is 10.3. The van der Waals surface area contributed by atoms with E-state index in [1.54, 1.807) is 32.9 Å². The van der Waals surface area contributed by atoms with Crippen molar-refractivity contribution in [2.24, 2.45) is 5.41 Å². The number of esters is 1. The summed E-state index contributed by atoms with van der Waals surface area (Å²) in [5.41, 5.74) is 0.384. The van der Waals surface area contributed by atoms with Gasteiger partial charge in [0.25, 0.3) is 0 Å². The fourth-order valence-corrected chi connectivity index (χ4v) is 1.94. The Balaban J connectivity index is 2.12. The van der Waals surface area contributed by atoms with Gasteiger partial charge in [-0.3, -0.25) is 9.59 Å². The van der Waals surface area contributed by atoms with E-state index in [-0.39, 0.29) is 16.9 Å². The van der Waals surface area contributed by atoms with Gasteiger partial charge in [0.15, 0.2) is 17.0 Å². The fraction of sp³-hybridized carbons (Fsp3) is 0.235. The molecule has 0 N–H and O–H groups in total. The summed E-state index contributed by atoms with van der Waals surface area (Å²) >= 11 is 0. The van der Waals surface area contributed by atoms with Gasteiger partial charge in [-0.25, -0.2) is 4.98 Å². The van der Waals surface area contributed by atoms with Gasteiger partial charge >= 0.3 is 5.97 Å². The molecule has 1 aliphatic carbocycles. The first kappa shape index (κ1) is 14.3. The molecule has 0 unspecified atom stereocenters. The van der Waals surface area contributed by atoms with Crippen LogP contribution in [0.2, 0.25) is 0 Å². The summed E-state index contributed by atoms with van der Waals surface area (Å²) in [6.45, 7) is 5.23. The van der Waals surface area contributed by atoms with Crippen molar-refractivity contribution in [3.63, 3.8) is 0 Å². The summed E-state index contributed by atoms with van der Waals surface area (Å²) in [5, 5.41) is 0. The average Bonchev–Trinajstić information content (AvgIpc) is 2.44. The monoisotopic (exact) mass is 297 g/mol. The molecule has 5 heteroatoms. The maximum atomic E-state index is 12.2. The van der Waals surface area contributed by atoms with Crippen molar-refractivity contribution < 1.29 is 13.9 Å². The van der Waals surface area contributed by atoms with Gasteiger partial charge in [0.2, 0.25) is 5.43 Å². The van der Waals surface area contributed by atoms with Gasteiger partial charge in [-0.2, -0.15) is 0 Å². The molecule has 22 heavy (non-hydrogen) atoms. The van der Waals surface area contributed by atoms with Crippen LogP contribution in [-0.2, 0) is 4.79 Å². The Morgan fingerprint density at radius 3 is 2.64 bits per heavy atom. The number of benzene rings is 2. The van der Waals surface area contributed by atoms with Crippen LogP contribution >= 0.6 is 0 Å². The Morgan fingerprint density at radius 1 is 1.18 bits per heavy atom. The Morgan fingerprint density at radius 2 is 1.91 bits per heavy atom. The van der Waals surface area contributed by atoms with Crippen molar-refractivity contribution in [3.05, 3.63) is 46.6 Å². The van der Waals surface area contributed by atoms with E-state index in [4.69, 9.17) is 9.15 Å². The molecule has 0 fully saturated rings. The van der Waals surface area contributed by atoms with Gasteiger partial charge in [-0.15, -0.1) is 0 Å². The zero-order valence-electron chi connectivity index (χ0n) is 12.5. The Bertz CT molecular complexity index is 889. The topological polar surface area (TPSA) is 69.4 Å².